The Labute approximate surface area is 212 Å². The smallest absolute Gasteiger partial charge is 0.435 e. The van der Waals surface area contributed by atoms with Crippen molar-refractivity contribution in [2.45, 2.75) is 89.1 Å². The lowest BCUT2D eigenvalue weighted by molar-refractivity contribution is -0.152. The predicted molar refractivity (Wildman–Crippen MR) is 130 cm³/mol. The number of fused-ring (bicyclic) bond motifs is 1. The van der Waals surface area contributed by atoms with Gasteiger partial charge in [0.2, 0.25) is 0 Å². The molecule has 37 heavy (non-hydrogen) atoms. The zero-order chi connectivity index (χ0) is 26.8. The number of aromatic nitrogens is 2. The molecule has 3 aliphatic carbocycles. The van der Waals surface area contributed by atoms with Crippen LogP contribution in [0.15, 0.2) is 18.2 Å². The molecular formula is C26H32F3N5O3. The van der Waals surface area contributed by atoms with Gasteiger partial charge in [0.25, 0.3) is 5.91 Å². The number of amides is 1. The molecule has 0 spiro atoms. The van der Waals surface area contributed by atoms with E-state index in [1.54, 1.807) is 12.1 Å². The Kier molecular flexibility index (Phi) is 6.04. The van der Waals surface area contributed by atoms with Gasteiger partial charge in [0.05, 0.1) is 17.3 Å². The third kappa shape index (κ3) is 4.93. The molecule has 0 radical (unpaired) electrons. The number of nitrogens with zero attached hydrogens (tertiary/aromatic N) is 2. The number of ether oxygens (including phenoxy) is 1. The molecule has 5 N–H and O–H groups in total. The maximum Gasteiger partial charge on any atom is 0.435 e. The van der Waals surface area contributed by atoms with E-state index in [0.717, 1.165) is 6.42 Å². The molecule has 1 aromatic heterocycles. The van der Waals surface area contributed by atoms with Gasteiger partial charge in [-0.15, -0.1) is 0 Å². The summed E-state index contributed by atoms with van der Waals surface area (Å²) in [5.41, 5.74) is 11.3. The van der Waals surface area contributed by atoms with E-state index in [1.807, 2.05) is 13.8 Å². The van der Waals surface area contributed by atoms with Crippen molar-refractivity contribution < 1.29 is 27.5 Å². The van der Waals surface area contributed by atoms with E-state index in [1.165, 1.54) is 10.7 Å². The van der Waals surface area contributed by atoms with Crippen molar-refractivity contribution >= 4 is 17.6 Å². The molecule has 5 rings (SSSR count). The minimum Gasteiger partial charge on any atom is -0.459 e. The van der Waals surface area contributed by atoms with Crippen molar-refractivity contribution in [2.75, 3.05) is 5.32 Å². The number of hydrogen-bond donors (Lipinski definition) is 3. The first-order chi connectivity index (χ1) is 17.3. The first kappa shape index (κ1) is 25.6. The van der Waals surface area contributed by atoms with Crippen molar-refractivity contribution in [1.82, 2.24) is 9.78 Å². The molecule has 1 heterocycles. The number of carbonyl (C=O) groups excluding carboxylic acids is 2. The van der Waals surface area contributed by atoms with Crippen LogP contribution in [0.4, 0.5) is 18.9 Å². The van der Waals surface area contributed by atoms with Crippen LogP contribution < -0.4 is 16.8 Å². The highest BCUT2D eigenvalue weighted by molar-refractivity contribution is 5.99. The summed E-state index contributed by atoms with van der Waals surface area (Å²) in [6.07, 6.45) is -0.342. The molecular weight excluding hydrogens is 487 g/mol. The third-order valence-electron chi connectivity index (χ3n) is 7.82. The zero-order valence-corrected chi connectivity index (χ0v) is 21.0. The van der Waals surface area contributed by atoms with Crippen LogP contribution in [-0.4, -0.2) is 39.3 Å². The number of esters is 1. The summed E-state index contributed by atoms with van der Waals surface area (Å²) < 4.78 is 48.6. The molecule has 8 nitrogen and oxygen atoms in total. The fourth-order valence-electron chi connectivity index (χ4n) is 5.40. The van der Waals surface area contributed by atoms with Crippen molar-refractivity contribution in [3.63, 3.8) is 0 Å². The lowest BCUT2D eigenvalue weighted by Crippen LogP contribution is -2.41. The normalized spacial score (nSPS) is 23.8. The summed E-state index contributed by atoms with van der Waals surface area (Å²) in [6, 6.07) is 4.34. The largest absolute Gasteiger partial charge is 0.459 e. The molecule has 2 atom stereocenters. The fraction of sp³-hybridized carbons (Fsp3) is 0.577. The Balaban J connectivity index is 1.49. The van der Waals surface area contributed by atoms with Crippen LogP contribution in [0.5, 0.6) is 0 Å². The topological polar surface area (TPSA) is 125 Å². The van der Waals surface area contributed by atoms with Gasteiger partial charge < -0.3 is 21.5 Å². The quantitative estimate of drug-likeness (QED) is 0.498. The second-order valence-corrected chi connectivity index (χ2v) is 11.4. The molecule has 1 amide bonds. The molecule has 1 aromatic carbocycles. The second-order valence-electron chi connectivity index (χ2n) is 11.4. The average molecular weight is 520 g/mol. The molecule has 0 bridgehead atoms. The lowest BCUT2D eigenvalue weighted by Gasteiger charge is -2.30. The van der Waals surface area contributed by atoms with E-state index < -0.39 is 35.4 Å². The van der Waals surface area contributed by atoms with Crippen molar-refractivity contribution in [2.24, 2.45) is 16.9 Å². The summed E-state index contributed by atoms with van der Waals surface area (Å²) in [6.45, 7) is 4.05. The fourth-order valence-corrected chi connectivity index (χ4v) is 5.40. The minimum absolute atomic E-state index is 0.176. The first-order valence-electron chi connectivity index (χ1n) is 12.7. The number of nitrogens with one attached hydrogen (secondary N) is 1. The Morgan fingerprint density at radius 3 is 2.57 bits per heavy atom. The number of alkyl halides is 3. The van der Waals surface area contributed by atoms with Gasteiger partial charge >= 0.3 is 12.1 Å². The van der Waals surface area contributed by atoms with Crippen LogP contribution >= 0.6 is 0 Å². The Bertz CT molecular complexity index is 1250. The first-order valence-corrected chi connectivity index (χ1v) is 12.7. The molecule has 1 unspecified atom stereocenters. The second kappa shape index (κ2) is 8.75. The summed E-state index contributed by atoms with van der Waals surface area (Å²) in [7, 11) is 0. The molecule has 11 heteroatoms. The Morgan fingerprint density at radius 1 is 1.19 bits per heavy atom. The van der Waals surface area contributed by atoms with Crippen molar-refractivity contribution in [3.05, 3.63) is 40.7 Å². The molecule has 2 fully saturated rings. The Morgan fingerprint density at radius 2 is 1.92 bits per heavy atom. The van der Waals surface area contributed by atoms with Crippen LogP contribution in [0, 0.1) is 5.41 Å². The zero-order valence-electron chi connectivity index (χ0n) is 21.0. The number of halogens is 3. The molecule has 200 valence electrons. The highest BCUT2D eigenvalue weighted by Crippen LogP contribution is 2.42. The highest BCUT2D eigenvalue weighted by Gasteiger charge is 2.49. The van der Waals surface area contributed by atoms with Crippen LogP contribution in [-0.2, 0) is 28.5 Å². The van der Waals surface area contributed by atoms with Crippen molar-refractivity contribution in [1.29, 1.82) is 0 Å². The maximum atomic E-state index is 13.9. The van der Waals surface area contributed by atoms with Gasteiger partial charge in [-0.3, -0.25) is 9.59 Å². The molecule has 2 saturated carbocycles. The monoisotopic (exact) mass is 519 g/mol. The lowest BCUT2D eigenvalue weighted by atomic mass is 9.76. The van der Waals surface area contributed by atoms with Gasteiger partial charge in [0.1, 0.15) is 11.6 Å². The third-order valence-corrected chi connectivity index (χ3v) is 7.82. The number of carbonyl (C=O) groups is 2. The predicted octanol–water partition coefficient (Wildman–Crippen LogP) is 3.87. The molecule has 2 aromatic rings. The van der Waals surface area contributed by atoms with E-state index in [-0.39, 0.29) is 22.6 Å². The number of benzene rings is 1. The van der Waals surface area contributed by atoms with E-state index in [2.05, 4.69) is 10.4 Å². The van der Waals surface area contributed by atoms with Crippen LogP contribution in [0.3, 0.4) is 0 Å². The van der Waals surface area contributed by atoms with Gasteiger partial charge in [-0.2, -0.15) is 18.3 Å². The van der Waals surface area contributed by atoms with Crippen LogP contribution in [0.1, 0.15) is 79.7 Å². The SMILES string of the molecule is CC1(C)CCc2c(C(F)(F)F)nn(-c3ccc(C(N)=O)c(N[C@H]4CCCC4OC(=O)C4(N)CC4)c3)c2C1. The van der Waals surface area contributed by atoms with E-state index in [0.29, 0.717) is 62.0 Å². The molecule has 3 aliphatic rings. The van der Waals surface area contributed by atoms with Crippen LogP contribution in [0.2, 0.25) is 0 Å². The maximum absolute atomic E-state index is 13.9. The van der Waals surface area contributed by atoms with E-state index in [9.17, 15) is 22.8 Å². The van der Waals surface area contributed by atoms with Gasteiger partial charge in [0, 0.05) is 16.9 Å². The van der Waals surface area contributed by atoms with Gasteiger partial charge in [-0.1, -0.05) is 13.8 Å². The number of rotatable bonds is 6. The number of hydrogen-bond acceptors (Lipinski definition) is 6. The summed E-state index contributed by atoms with van der Waals surface area (Å²) in [5.74, 6) is -1.11. The van der Waals surface area contributed by atoms with Gasteiger partial charge in [-0.25, -0.2) is 4.68 Å². The molecule has 0 saturated heterocycles. The standard InChI is InChI=1S/C26H32F3N5O3/c1-24(2)9-8-16-19(13-24)34(33-21(16)26(27,28)29)14-6-7-15(22(30)35)18(12-14)32-17-4-3-5-20(17)37-23(36)25(31)10-11-25/h6-7,12,17,20,32H,3-5,8-11,13,31H2,1-2H3,(H2,30,35)/t17-,20?/m0/s1. The van der Waals surface area contributed by atoms with Gasteiger partial charge in [-0.05, 0) is 75.0 Å². The molecule has 0 aliphatic heterocycles. The van der Waals surface area contributed by atoms with Crippen LogP contribution in [0.25, 0.3) is 5.69 Å². The van der Waals surface area contributed by atoms with E-state index in [4.69, 9.17) is 16.2 Å². The number of anilines is 1. The number of primary amides is 1. The minimum atomic E-state index is -4.58. The average Bonchev–Trinajstić information content (AvgIpc) is 3.23. The van der Waals surface area contributed by atoms with Crippen molar-refractivity contribution in [3.8, 4) is 5.69 Å². The van der Waals surface area contributed by atoms with E-state index >= 15 is 0 Å². The number of nitrogens with two attached hydrogens (primary N) is 2. The van der Waals surface area contributed by atoms with Gasteiger partial charge in [0.15, 0.2) is 5.69 Å². The summed E-state index contributed by atoms with van der Waals surface area (Å²) in [4.78, 5) is 24.6. The summed E-state index contributed by atoms with van der Waals surface area (Å²) in [5, 5.41) is 7.28. The highest BCUT2D eigenvalue weighted by atomic mass is 19.4. The Hall–Kier alpha value is -3.08. The summed E-state index contributed by atoms with van der Waals surface area (Å²) >= 11 is 0.